The monoisotopic (exact) mass is 306 g/mol. The zero-order chi connectivity index (χ0) is 13.1. The maximum atomic E-state index is 10.9. The summed E-state index contributed by atoms with van der Waals surface area (Å²) in [5.41, 5.74) is 2.06. The normalized spacial score (nSPS) is 10.1. The fourth-order valence-corrected chi connectivity index (χ4v) is 1.96. The highest BCUT2D eigenvalue weighted by Gasteiger charge is 2.10. The zero-order valence-electron chi connectivity index (χ0n) is 9.68. The van der Waals surface area contributed by atoms with Crippen LogP contribution in [0.25, 0.3) is 11.1 Å². The minimum absolute atomic E-state index is 0.215. The maximum absolute atomic E-state index is 10.9. The fraction of sp³-hybridized carbons (Fsp3) is 0.0714. The Bertz CT molecular complexity index is 576. The highest BCUT2D eigenvalue weighted by atomic mass is 79.9. The zero-order valence-corrected chi connectivity index (χ0v) is 11.3. The number of carbonyl (C=O) groups is 1. The molecular weight excluding hydrogens is 296 g/mol. The van der Waals surface area contributed by atoms with Gasteiger partial charge in [-0.15, -0.1) is 0 Å². The lowest BCUT2D eigenvalue weighted by Gasteiger charge is -2.09. The van der Waals surface area contributed by atoms with E-state index in [1.807, 2.05) is 24.3 Å². The summed E-state index contributed by atoms with van der Waals surface area (Å²) in [5.74, 6) is -0.409. The summed E-state index contributed by atoms with van der Waals surface area (Å²) < 4.78 is 6.24. The van der Waals surface area contributed by atoms with Crippen molar-refractivity contribution in [3.63, 3.8) is 0 Å². The largest absolute Gasteiger partial charge is 0.496 e. The lowest BCUT2D eigenvalue weighted by atomic mass is 10.0. The van der Waals surface area contributed by atoms with E-state index in [0.717, 1.165) is 15.6 Å². The Kier molecular flexibility index (Phi) is 3.67. The molecule has 0 spiro atoms. The van der Waals surface area contributed by atoms with Crippen molar-refractivity contribution >= 4 is 21.9 Å². The molecule has 0 unspecified atom stereocenters. The van der Waals surface area contributed by atoms with Gasteiger partial charge in [0.15, 0.2) is 0 Å². The van der Waals surface area contributed by atoms with Gasteiger partial charge >= 0.3 is 5.97 Å². The van der Waals surface area contributed by atoms with E-state index < -0.39 is 5.97 Å². The molecule has 0 saturated carbocycles. The number of halogens is 1. The first-order valence-electron chi connectivity index (χ1n) is 5.29. The van der Waals surface area contributed by atoms with Gasteiger partial charge < -0.3 is 9.84 Å². The van der Waals surface area contributed by atoms with E-state index in [4.69, 9.17) is 9.84 Å². The van der Waals surface area contributed by atoms with Crippen molar-refractivity contribution in [2.45, 2.75) is 0 Å². The van der Waals surface area contributed by atoms with Crippen molar-refractivity contribution in [1.29, 1.82) is 0 Å². The van der Waals surface area contributed by atoms with Crippen LogP contribution in [-0.4, -0.2) is 18.2 Å². The Morgan fingerprint density at radius 3 is 2.39 bits per heavy atom. The summed E-state index contributed by atoms with van der Waals surface area (Å²) in [6.45, 7) is 0. The number of carboxylic acid groups (broad SMARTS) is 1. The summed E-state index contributed by atoms with van der Waals surface area (Å²) >= 11 is 3.38. The second-order valence-corrected chi connectivity index (χ2v) is 4.64. The predicted octanol–water partition coefficient (Wildman–Crippen LogP) is 3.82. The minimum atomic E-state index is -0.962. The Morgan fingerprint density at radius 1 is 1.17 bits per heavy atom. The molecule has 0 atom stereocenters. The summed E-state index contributed by atoms with van der Waals surface area (Å²) in [7, 11) is 1.53. The first kappa shape index (κ1) is 12.6. The summed E-state index contributed by atoms with van der Waals surface area (Å²) in [5, 5.41) is 8.94. The molecule has 0 bridgehead atoms. The molecule has 0 aliphatic rings. The van der Waals surface area contributed by atoms with E-state index >= 15 is 0 Å². The van der Waals surface area contributed by atoms with Gasteiger partial charge in [-0.25, -0.2) is 4.79 Å². The number of rotatable bonds is 3. The van der Waals surface area contributed by atoms with Crippen molar-refractivity contribution in [2.24, 2.45) is 0 Å². The summed E-state index contributed by atoms with van der Waals surface area (Å²) in [4.78, 5) is 10.9. The fourth-order valence-electron chi connectivity index (χ4n) is 1.69. The van der Waals surface area contributed by atoms with Crippen LogP contribution in [0.3, 0.4) is 0 Å². The molecule has 92 valence electrons. The second-order valence-electron chi connectivity index (χ2n) is 3.73. The lowest BCUT2D eigenvalue weighted by Crippen LogP contribution is -1.97. The van der Waals surface area contributed by atoms with Crippen LogP contribution in [-0.2, 0) is 0 Å². The number of ether oxygens (including phenoxy) is 1. The first-order chi connectivity index (χ1) is 8.61. The van der Waals surface area contributed by atoms with Crippen molar-refractivity contribution in [1.82, 2.24) is 0 Å². The van der Waals surface area contributed by atoms with Crippen LogP contribution >= 0.6 is 15.9 Å². The van der Waals surface area contributed by atoms with E-state index in [2.05, 4.69) is 15.9 Å². The molecule has 0 saturated heterocycles. The molecule has 3 nitrogen and oxygen atoms in total. The van der Waals surface area contributed by atoms with Gasteiger partial charge in [-0.2, -0.15) is 0 Å². The average Bonchev–Trinajstić information content (AvgIpc) is 2.39. The van der Waals surface area contributed by atoms with Gasteiger partial charge in [-0.05, 0) is 35.9 Å². The molecule has 2 aromatic carbocycles. The summed E-state index contributed by atoms with van der Waals surface area (Å²) in [6, 6.07) is 12.6. The minimum Gasteiger partial charge on any atom is -0.496 e. The van der Waals surface area contributed by atoms with Gasteiger partial charge in [0, 0.05) is 10.0 Å². The molecule has 0 aromatic heterocycles. The Morgan fingerprint density at radius 2 is 1.83 bits per heavy atom. The van der Waals surface area contributed by atoms with E-state index in [9.17, 15) is 4.79 Å². The predicted molar refractivity (Wildman–Crippen MR) is 73.1 cm³/mol. The standard InChI is InChI=1S/C14H11BrO3/c1-18-13-8-10(14(16)17)4-7-12(13)9-2-5-11(15)6-3-9/h2-8H,1H3,(H,16,17). The quantitative estimate of drug-likeness (QED) is 0.937. The topological polar surface area (TPSA) is 46.5 Å². The Balaban J connectivity index is 2.50. The van der Waals surface area contributed by atoms with Gasteiger partial charge in [0.2, 0.25) is 0 Å². The molecule has 0 amide bonds. The van der Waals surface area contributed by atoms with Crippen LogP contribution in [0, 0.1) is 0 Å². The van der Waals surface area contributed by atoms with Gasteiger partial charge in [-0.1, -0.05) is 28.1 Å². The number of benzene rings is 2. The second kappa shape index (κ2) is 5.23. The SMILES string of the molecule is COc1cc(C(=O)O)ccc1-c1ccc(Br)cc1. The maximum Gasteiger partial charge on any atom is 0.335 e. The molecule has 18 heavy (non-hydrogen) atoms. The molecule has 2 rings (SSSR count). The molecule has 0 aliphatic heterocycles. The smallest absolute Gasteiger partial charge is 0.335 e. The molecule has 0 radical (unpaired) electrons. The van der Waals surface area contributed by atoms with Crippen LogP contribution in [0.15, 0.2) is 46.9 Å². The van der Waals surface area contributed by atoms with Crippen LogP contribution in [0.4, 0.5) is 0 Å². The van der Waals surface area contributed by atoms with E-state index in [-0.39, 0.29) is 5.56 Å². The molecule has 4 heteroatoms. The van der Waals surface area contributed by atoms with Gasteiger partial charge in [-0.3, -0.25) is 0 Å². The summed E-state index contributed by atoms with van der Waals surface area (Å²) in [6.07, 6.45) is 0. The van der Waals surface area contributed by atoms with Crippen LogP contribution < -0.4 is 4.74 Å². The van der Waals surface area contributed by atoms with E-state index in [1.54, 1.807) is 12.1 Å². The molecular formula is C14H11BrO3. The van der Waals surface area contributed by atoms with Gasteiger partial charge in [0.05, 0.1) is 12.7 Å². The molecule has 1 N–H and O–H groups in total. The first-order valence-corrected chi connectivity index (χ1v) is 6.08. The van der Waals surface area contributed by atoms with E-state index in [1.165, 1.54) is 13.2 Å². The highest BCUT2D eigenvalue weighted by molar-refractivity contribution is 9.10. The van der Waals surface area contributed by atoms with Crippen LogP contribution in [0.1, 0.15) is 10.4 Å². The average molecular weight is 307 g/mol. The van der Waals surface area contributed by atoms with Crippen molar-refractivity contribution < 1.29 is 14.6 Å². The number of methoxy groups -OCH3 is 1. The van der Waals surface area contributed by atoms with Gasteiger partial charge in [0.25, 0.3) is 0 Å². The third-order valence-corrected chi connectivity index (χ3v) is 3.13. The molecule has 0 heterocycles. The number of hydrogen-bond donors (Lipinski definition) is 1. The number of aromatic carboxylic acids is 1. The molecule has 0 aliphatic carbocycles. The van der Waals surface area contributed by atoms with Gasteiger partial charge in [0.1, 0.15) is 5.75 Å². The van der Waals surface area contributed by atoms with Crippen LogP contribution in [0.2, 0.25) is 0 Å². The third-order valence-electron chi connectivity index (χ3n) is 2.60. The van der Waals surface area contributed by atoms with Crippen molar-refractivity contribution in [3.8, 4) is 16.9 Å². The van der Waals surface area contributed by atoms with Crippen LogP contribution in [0.5, 0.6) is 5.75 Å². The Hall–Kier alpha value is -1.81. The molecule has 2 aromatic rings. The Labute approximate surface area is 113 Å². The van der Waals surface area contributed by atoms with Crippen molar-refractivity contribution in [2.75, 3.05) is 7.11 Å². The highest BCUT2D eigenvalue weighted by Crippen LogP contribution is 2.31. The lowest BCUT2D eigenvalue weighted by molar-refractivity contribution is 0.0696. The number of carboxylic acids is 1. The number of hydrogen-bond acceptors (Lipinski definition) is 2. The van der Waals surface area contributed by atoms with Crippen molar-refractivity contribution in [3.05, 3.63) is 52.5 Å². The van der Waals surface area contributed by atoms with E-state index in [0.29, 0.717) is 5.75 Å². The molecule has 0 fully saturated rings. The third kappa shape index (κ3) is 2.54.